The van der Waals surface area contributed by atoms with Crippen molar-refractivity contribution in [2.24, 2.45) is 7.05 Å². The fourth-order valence-corrected chi connectivity index (χ4v) is 3.83. The number of aryl methyl sites for hydroxylation is 1. The molecule has 0 aliphatic carbocycles. The molecule has 0 N–H and O–H groups in total. The van der Waals surface area contributed by atoms with Crippen molar-refractivity contribution in [3.63, 3.8) is 0 Å². The zero-order valence-electron chi connectivity index (χ0n) is 15.8. The maximum Gasteiger partial charge on any atom is 0.244 e. The van der Waals surface area contributed by atoms with Crippen molar-refractivity contribution in [1.29, 1.82) is 0 Å². The van der Waals surface area contributed by atoms with E-state index in [4.69, 9.17) is 4.74 Å². The molecule has 2 aliphatic heterocycles. The maximum atomic E-state index is 13.1. The number of rotatable bonds is 4. The van der Waals surface area contributed by atoms with Crippen molar-refractivity contribution in [3.8, 4) is 5.88 Å². The van der Waals surface area contributed by atoms with E-state index < -0.39 is 0 Å². The molecule has 27 heavy (non-hydrogen) atoms. The van der Waals surface area contributed by atoms with E-state index in [0.717, 1.165) is 51.3 Å². The van der Waals surface area contributed by atoms with Crippen LogP contribution in [-0.2, 0) is 11.8 Å². The second-order valence-electron chi connectivity index (χ2n) is 6.94. The van der Waals surface area contributed by atoms with E-state index in [9.17, 15) is 4.79 Å². The number of carbonyl (C=O) groups is 1. The van der Waals surface area contributed by atoms with Crippen LogP contribution >= 0.6 is 0 Å². The predicted octanol–water partition coefficient (Wildman–Crippen LogP) is 0.536. The lowest BCUT2D eigenvalue weighted by molar-refractivity contribution is -0.125. The van der Waals surface area contributed by atoms with Gasteiger partial charge in [-0.25, -0.2) is 4.98 Å². The third-order valence-corrected chi connectivity index (χ3v) is 5.28. The summed E-state index contributed by atoms with van der Waals surface area (Å²) in [6.07, 6.45) is 7.29. The molecule has 1 amide bonds. The van der Waals surface area contributed by atoms with Gasteiger partial charge in [-0.15, -0.1) is 0 Å². The van der Waals surface area contributed by atoms with Crippen LogP contribution in [-0.4, -0.2) is 76.4 Å². The van der Waals surface area contributed by atoms with Crippen molar-refractivity contribution in [2.45, 2.75) is 18.9 Å². The van der Waals surface area contributed by atoms with Gasteiger partial charge in [-0.2, -0.15) is 10.1 Å². The van der Waals surface area contributed by atoms with Gasteiger partial charge >= 0.3 is 0 Å². The van der Waals surface area contributed by atoms with Gasteiger partial charge < -0.3 is 14.5 Å². The van der Waals surface area contributed by atoms with Gasteiger partial charge in [0.2, 0.25) is 17.7 Å². The number of aromatic nitrogens is 4. The summed E-state index contributed by atoms with van der Waals surface area (Å²) in [5.41, 5.74) is 0.885. The minimum absolute atomic E-state index is 0.0627. The first-order valence-corrected chi connectivity index (χ1v) is 9.32. The van der Waals surface area contributed by atoms with Gasteiger partial charge in [0.05, 0.1) is 25.0 Å². The Morgan fingerprint density at radius 2 is 2.00 bits per heavy atom. The van der Waals surface area contributed by atoms with E-state index in [1.54, 1.807) is 30.3 Å². The number of anilines is 2. The van der Waals surface area contributed by atoms with E-state index in [1.807, 2.05) is 18.1 Å². The summed E-state index contributed by atoms with van der Waals surface area (Å²) in [5, 5.41) is 4.20. The summed E-state index contributed by atoms with van der Waals surface area (Å²) in [6, 6.07) is 1.68. The number of carbonyl (C=O) groups excluding carboxylic acids is 1. The first-order chi connectivity index (χ1) is 13.2. The monoisotopic (exact) mass is 371 g/mol. The molecule has 4 rings (SSSR count). The minimum atomic E-state index is -0.0627. The predicted molar refractivity (Wildman–Crippen MR) is 101 cm³/mol. The molecule has 9 heteroatoms. The summed E-state index contributed by atoms with van der Waals surface area (Å²) in [5.74, 6) is 1.43. The highest BCUT2D eigenvalue weighted by atomic mass is 16.5. The largest absolute Gasteiger partial charge is 0.481 e. The van der Waals surface area contributed by atoms with Crippen LogP contribution < -0.4 is 14.5 Å². The molecule has 9 nitrogen and oxygen atoms in total. The molecular formula is C18H25N7O2. The van der Waals surface area contributed by atoms with Gasteiger partial charge in [0, 0.05) is 58.2 Å². The number of nitrogens with zero attached hydrogens (tertiary/aromatic N) is 7. The Morgan fingerprint density at radius 3 is 2.70 bits per heavy atom. The van der Waals surface area contributed by atoms with E-state index in [0.29, 0.717) is 11.8 Å². The summed E-state index contributed by atoms with van der Waals surface area (Å²) in [7, 11) is 3.47. The Bertz CT molecular complexity index is 801. The normalized spacial score (nSPS) is 21.6. The zero-order valence-corrected chi connectivity index (χ0v) is 15.8. The van der Waals surface area contributed by atoms with E-state index in [-0.39, 0.29) is 11.9 Å². The molecule has 2 saturated heterocycles. The first kappa shape index (κ1) is 17.7. The lowest BCUT2D eigenvalue weighted by Gasteiger charge is -2.42. The molecule has 0 aromatic carbocycles. The lowest BCUT2D eigenvalue weighted by Crippen LogP contribution is -2.58. The third-order valence-electron chi connectivity index (χ3n) is 5.28. The standard InChI is InChI=1S/C18H25N7O2/c1-22-13-14(12-20-22)25-7-3-4-15(17(25)26)23-8-10-24(11-9-23)18-19-6-5-16(21-18)27-2/h5-6,12-13,15H,3-4,7-11H2,1-2H3. The van der Waals surface area contributed by atoms with Crippen molar-refractivity contribution < 1.29 is 9.53 Å². The number of hydrogen-bond donors (Lipinski definition) is 0. The van der Waals surface area contributed by atoms with Gasteiger partial charge in [-0.05, 0) is 12.8 Å². The molecule has 0 spiro atoms. The number of piperidine rings is 1. The summed E-state index contributed by atoms with van der Waals surface area (Å²) < 4.78 is 6.92. The summed E-state index contributed by atoms with van der Waals surface area (Å²) >= 11 is 0. The molecular weight excluding hydrogens is 346 g/mol. The van der Waals surface area contributed by atoms with Crippen LogP contribution in [0.2, 0.25) is 0 Å². The Kier molecular flexibility index (Phi) is 4.93. The molecule has 144 valence electrons. The van der Waals surface area contributed by atoms with Crippen molar-refractivity contribution in [3.05, 3.63) is 24.7 Å². The SMILES string of the molecule is COc1ccnc(N2CCN(C3CCCN(c4cnn(C)c4)C3=O)CC2)n1. The maximum absolute atomic E-state index is 13.1. The molecule has 0 radical (unpaired) electrons. The van der Waals surface area contributed by atoms with E-state index in [1.165, 1.54) is 0 Å². The number of methoxy groups -OCH3 is 1. The van der Waals surface area contributed by atoms with Crippen molar-refractivity contribution >= 4 is 17.5 Å². The van der Waals surface area contributed by atoms with Crippen LogP contribution in [0.5, 0.6) is 5.88 Å². The molecule has 2 aliphatic rings. The zero-order chi connectivity index (χ0) is 18.8. The Labute approximate surface area is 158 Å². The van der Waals surface area contributed by atoms with Crippen LogP contribution in [0.25, 0.3) is 0 Å². The Hall–Kier alpha value is -2.68. The third kappa shape index (κ3) is 3.59. The smallest absolute Gasteiger partial charge is 0.244 e. The number of ether oxygens (including phenoxy) is 1. The van der Waals surface area contributed by atoms with E-state index in [2.05, 4.69) is 24.9 Å². The molecule has 2 aromatic rings. The highest BCUT2D eigenvalue weighted by Gasteiger charge is 2.36. The van der Waals surface area contributed by atoms with E-state index >= 15 is 0 Å². The van der Waals surface area contributed by atoms with Gasteiger partial charge in [0.15, 0.2) is 0 Å². The average molecular weight is 371 g/mol. The number of piperazine rings is 1. The highest BCUT2D eigenvalue weighted by Crippen LogP contribution is 2.24. The van der Waals surface area contributed by atoms with Crippen LogP contribution in [0.3, 0.4) is 0 Å². The summed E-state index contributed by atoms with van der Waals surface area (Å²) in [4.78, 5) is 28.1. The molecule has 2 fully saturated rings. The van der Waals surface area contributed by atoms with Crippen LogP contribution in [0.15, 0.2) is 24.7 Å². The van der Waals surface area contributed by atoms with Gasteiger partial charge in [-0.1, -0.05) is 0 Å². The quantitative estimate of drug-likeness (QED) is 0.776. The van der Waals surface area contributed by atoms with Gasteiger partial charge in [-0.3, -0.25) is 14.4 Å². The molecule has 1 atom stereocenters. The van der Waals surface area contributed by atoms with Crippen molar-refractivity contribution in [1.82, 2.24) is 24.6 Å². The average Bonchev–Trinajstić information content (AvgIpc) is 3.14. The topological polar surface area (TPSA) is 79.6 Å². The molecule has 1 unspecified atom stereocenters. The molecule has 0 saturated carbocycles. The number of hydrogen-bond acceptors (Lipinski definition) is 7. The molecule has 4 heterocycles. The fraction of sp³-hybridized carbons (Fsp3) is 0.556. The highest BCUT2D eigenvalue weighted by molar-refractivity contribution is 5.97. The molecule has 0 bridgehead atoms. The summed E-state index contributed by atoms with van der Waals surface area (Å²) in [6.45, 7) is 3.99. The second-order valence-corrected chi connectivity index (χ2v) is 6.94. The van der Waals surface area contributed by atoms with Crippen molar-refractivity contribution in [2.75, 3.05) is 49.6 Å². The second kappa shape index (κ2) is 7.51. The van der Waals surface area contributed by atoms with Crippen LogP contribution in [0.1, 0.15) is 12.8 Å². The van der Waals surface area contributed by atoms with Crippen LogP contribution in [0.4, 0.5) is 11.6 Å². The lowest BCUT2D eigenvalue weighted by atomic mass is 10.0. The Morgan fingerprint density at radius 1 is 1.19 bits per heavy atom. The minimum Gasteiger partial charge on any atom is -0.481 e. The van der Waals surface area contributed by atoms with Gasteiger partial charge in [0.1, 0.15) is 0 Å². The van der Waals surface area contributed by atoms with Crippen LogP contribution in [0, 0.1) is 0 Å². The number of amides is 1. The fourth-order valence-electron chi connectivity index (χ4n) is 3.83. The Balaban J connectivity index is 1.40. The molecule has 2 aromatic heterocycles. The first-order valence-electron chi connectivity index (χ1n) is 9.32. The van der Waals surface area contributed by atoms with Gasteiger partial charge in [0.25, 0.3) is 0 Å².